The summed E-state index contributed by atoms with van der Waals surface area (Å²) in [6.07, 6.45) is 4.37. The van der Waals surface area contributed by atoms with Crippen molar-refractivity contribution in [2.24, 2.45) is 5.10 Å². The van der Waals surface area contributed by atoms with Crippen LogP contribution in [-0.4, -0.2) is 18.1 Å². The zero-order valence-electron chi connectivity index (χ0n) is 15.3. The number of nitrogens with zero attached hydrogens (tertiary/aromatic N) is 1. The van der Waals surface area contributed by atoms with Gasteiger partial charge in [0, 0.05) is 22.2 Å². The first-order valence-electron chi connectivity index (χ1n) is 8.75. The summed E-state index contributed by atoms with van der Waals surface area (Å²) in [4.78, 5) is 24.2. The first kappa shape index (κ1) is 20.0. The SMILES string of the molecule is O=C(/C=C/c1ccccc1)Oc1ccc(Cl)cc1/C=N/NC(=O)c1ccccc1. The molecule has 0 unspecified atom stereocenters. The number of nitrogens with one attached hydrogen (secondary N) is 1. The van der Waals surface area contributed by atoms with Gasteiger partial charge >= 0.3 is 5.97 Å². The molecule has 0 aromatic heterocycles. The Hall–Kier alpha value is -3.70. The van der Waals surface area contributed by atoms with Crippen molar-refractivity contribution in [1.29, 1.82) is 0 Å². The van der Waals surface area contributed by atoms with Crippen LogP contribution in [0.5, 0.6) is 5.75 Å². The molecule has 0 bridgehead atoms. The lowest BCUT2D eigenvalue weighted by molar-refractivity contribution is -0.128. The maximum atomic E-state index is 12.1. The second-order valence-electron chi connectivity index (χ2n) is 5.91. The molecule has 3 aromatic rings. The van der Waals surface area contributed by atoms with Crippen molar-refractivity contribution in [2.75, 3.05) is 0 Å². The van der Waals surface area contributed by atoms with Gasteiger partial charge in [-0.25, -0.2) is 10.2 Å². The third-order valence-electron chi connectivity index (χ3n) is 3.80. The molecule has 0 aliphatic rings. The highest BCUT2D eigenvalue weighted by atomic mass is 35.5. The van der Waals surface area contributed by atoms with E-state index in [1.165, 1.54) is 12.3 Å². The molecule has 1 amide bonds. The predicted molar refractivity (Wildman–Crippen MR) is 114 cm³/mol. The van der Waals surface area contributed by atoms with Crippen LogP contribution in [0.3, 0.4) is 0 Å². The fourth-order valence-electron chi connectivity index (χ4n) is 2.40. The number of halogens is 1. The lowest BCUT2D eigenvalue weighted by Crippen LogP contribution is -2.17. The Morgan fingerprint density at radius 1 is 0.931 bits per heavy atom. The zero-order chi connectivity index (χ0) is 20.5. The van der Waals surface area contributed by atoms with Crippen LogP contribution in [0.1, 0.15) is 21.5 Å². The third kappa shape index (κ3) is 6.16. The molecule has 3 rings (SSSR count). The lowest BCUT2D eigenvalue weighted by Gasteiger charge is -2.06. The molecule has 29 heavy (non-hydrogen) atoms. The summed E-state index contributed by atoms with van der Waals surface area (Å²) in [5, 5.41) is 4.37. The second-order valence-corrected chi connectivity index (χ2v) is 6.35. The summed E-state index contributed by atoms with van der Waals surface area (Å²) >= 11 is 6.03. The maximum Gasteiger partial charge on any atom is 0.336 e. The third-order valence-corrected chi connectivity index (χ3v) is 4.03. The molecule has 144 valence electrons. The van der Waals surface area contributed by atoms with Crippen LogP contribution in [-0.2, 0) is 4.79 Å². The molecule has 0 radical (unpaired) electrons. The number of hydrogen-bond donors (Lipinski definition) is 1. The van der Waals surface area contributed by atoms with E-state index in [4.69, 9.17) is 16.3 Å². The summed E-state index contributed by atoms with van der Waals surface area (Å²) in [7, 11) is 0. The van der Waals surface area contributed by atoms with Crippen LogP contribution in [0.15, 0.2) is 90.0 Å². The van der Waals surface area contributed by atoms with Gasteiger partial charge in [0.05, 0.1) is 6.21 Å². The van der Waals surface area contributed by atoms with Gasteiger partial charge in [0.15, 0.2) is 0 Å². The molecular formula is C23H17ClN2O3. The molecular weight excluding hydrogens is 388 g/mol. The molecule has 3 aromatic carbocycles. The van der Waals surface area contributed by atoms with E-state index in [0.29, 0.717) is 16.1 Å². The van der Waals surface area contributed by atoms with Crippen LogP contribution in [0.4, 0.5) is 0 Å². The Bertz CT molecular complexity index is 1050. The highest BCUT2D eigenvalue weighted by Gasteiger charge is 2.08. The molecule has 0 aliphatic heterocycles. The Balaban J connectivity index is 1.68. The topological polar surface area (TPSA) is 67.8 Å². The van der Waals surface area contributed by atoms with E-state index in [-0.39, 0.29) is 11.7 Å². The van der Waals surface area contributed by atoms with Crippen molar-refractivity contribution in [2.45, 2.75) is 0 Å². The van der Waals surface area contributed by atoms with E-state index in [0.717, 1.165) is 5.56 Å². The molecule has 0 heterocycles. The Labute approximate surface area is 173 Å². The van der Waals surface area contributed by atoms with Crippen LogP contribution < -0.4 is 10.2 Å². The first-order chi connectivity index (χ1) is 14.1. The van der Waals surface area contributed by atoms with Crippen LogP contribution in [0.25, 0.3) is 6.08 Å². The number of hydrogen-bond acceptors (Lipinski definition) is 4. The first-order valence-corrected chi connectivity index (χ1v) is 9.12. The smallest absolute Gasteiger partial charge is 0.336 e. The summed E-state index contributed by atoms with van der Waals surface area (Å²) < 4.78 is 5.38. The number of rotatable bonds is 6. The normalized spacial score (nSPS) is 10.9. The van der Waals surface area contributed by atoms with Crippen molar-refractivity contribution >= 4 is 35.8 Å². The average Bonchev–Trinajstić information content (AvgIpc) is 2.75. The van der Waals surface area contributed by atoms with Crippen molar-refractivity contribution in [3.8, 4) is 5.75 Å². The van der Waals surface area contributed by atoms with E-state index in [1.807, 2.05) is 36.4 Å². The fraction of sp³-hybridized carbons (Fsp3) is 0. The Morgan fingerprint density at radius 2 is 1.62 bits per heavy atom. The largest absolute Gasteiger partial charge is 0.423 e. The highest BCUT2D eigenvalue weighted by molar-refractivity contribution is 6.31. The average molecular weight is 405 g/mol. The molecule has 6 heteroatoms. The molecule has 0 saturated heterocycles. The van der Waals surface area contributed by atoms with Crippen LogP contribution in [0, 0.1) is 0 Å². The number of amides is 1. The summed E-state index contributed by atoms with van der Waals surface area (Å²) in [5.41, 5.74) is 4.24. The summed E-state index contributed by atoms with van der Waals surface area (Å²) in [6, 6.07) is 22.8. The minimum absolute atomic E-state index is 0.273. The van der Waals surface area contributed by atoms with Gasteiger partial charge in [-0.05, 0) is 42.0 Å². The predicted octanol–water partition coefficient (Wildman–Crippen LogP) is 4.72. The summed E-state index contributed by atoms with van der Waals surface area (Å²) in [5.74, 6) is -0.623. The molecule has 1 N–H and O–H groups in total. The number of hydrazone groups is 1. The van der Waals surface area contributed by atoms with Crippen LogP contribution in [0.2, 0.25) is 5.02 Å². The maximum absolute atomic E-state index is 12.1. The standard InChI is InChI=1S/C23H17ClN2O3/c24-20-12-13-21(29-22(27)14-11-17-7-3-1-4-8-17)19(15-20)16-25-26-23(28)18-9-5-2-6-10-18/h1-16H,(H,26,28)/b14-11+,25-16+. The minimum atomic E-state index is -0.542. The zero-order valence-corrected chi connectivity index (χ0v) is 16.0. The van der Waals surface area contributed by atoms with E-state index in [2.05, 4.69) is 10.5 Å². The number of carbonyl (C=O) groups is 2. The molecule has 5 nitrogen and oxygen atoms in total. The van der Waals surface area contributed by atoms with Gasteiger partial charge < -0.3 is 4.74 Å². The molecule has 0 aliphatic carbocycles. The number of esters is 1. The van der Waals surface area contributed by atoms with Gasteiger partial charge in [0.2, 0.25) is 0 Å². The quantitative estimate of drug-likeness (QED) is 0.212. The van der Waals surface area contributed by atoms with E-state index >= 15 is 0 Å². The monoisotopic (exact) mass is 404 g/mol. The van der Waals surface area contributed by atoms with E-state index < -0.39 is 5.97 Å². The number of carbonyl (C=O) groups excluding carboxylic acids is 2. The van der Waals surface area contributed by atoms with Gasteiger partial charge in [-0.2, -0.15) is 5.10 Å². The van der Waals surface area contributed by atoms with Crippen molar-refractivity contribution in [3.05, 3.63) is 107 Å². The number of ether oxygens (including phenoxy) is 1. The lowest BCUT2D eigenvalue weighted by atomic mass is 10.2. The summed E-state index contributed by atoms with van der Waals surface area (Å²) in [6.45, 7) is 0. The van der Waals surface area contributed by atoms with Gasteiger partial charge in [-0.1, -0.05) is 60.1 Å². The van der Waals surface area contributed by atoms with Crippen molar-refractivity contribution < 1.29 is 14.3 Å². The van der Waals surface area contributed by atoms with Crippen molar-refractivity contribution in [1.82, 2.24) is 5.43 Å². The van der Waals surface area contributed by atoms with Gasteiger partial charge in [-0.15, -0.1) is 0 Å². The molecule has 0 fully saturated rings. The second kappa shape index (κ2) is 10.0. The Kier molecular flexibility index (Phi) is 6.92. The molecule has 0 saturated carbocycles. The van der Waals surface area contributed by atoms with E-state index in [9.17, 15) is 9.59 Å². The Morgan fingerprint density at radius 3 is 2.34 bits per heavy atom. The molecule has 0 atom stereocenters. The highest BCUT2D eigenvalue weighted by Crippen LogP contribution is 2.22. The van der Waals surface area contributed by atoms with Crippen molar-refractivity contribution in [3.63, 3.8) is 0 Å². The van der Waals surface area contributed by atoms with Crippen LogP contribution >= 0.6 is 11.6 Å². The minimum Gasteiger partial charge on any atom is -0.423 e. The van der Waals surface area contributed by atoms with E-state index in [1.54, 1.807) is 48.5 Å². The molecule has 0 spiro atoms. The van der Waals surface area contributed by atoms with Gasteiger partial charge in [0.1, 0.15) is 5.75 Å². The van der Waals surface area contributed by atoms with Gasteiger partial charge in [0.25, 0.3) is 5.91 Å². The fourth-order valence-corrected chi connectivity index (χ4v) is 2.58. The number of benzene rings is 3. The van der Waals surface area contributed by atoms with Gasteiger partial charge in [-0.3, -0.25) is 4.79 Å².